The summed E-state index contributed by atoms with van der Waals surface area (Å²) in [5, 5.41) is 11.7. The summed E-state index contributed by atoms with van der Waals surface area (Å²) in [5.74, 6) is 4.80. The molecule has 1 aliphatic rings. The number of carbonyl (C=O) groups excluding carboxylic acids is 3. The lowest BCUT2D eigenvalue weighted by molar-refractivity contribution is -0.143. The molecule has 1 heterocycles. The normalized spacial score (nSPS) is 15.0. The van der Waals surface area contributed by atoms with E-state index in [0.717, 1.165) is 29.3 Å². The van der Waals surface area contributed by atoms with E-state index in [1.165, 1.54) is 21.0 Å². The molecule has 1 saturated heterocycles. The number of hydrogen-bond acceptors (Lipinski definition) is 6. The smallest absolute Gasteiger partial charge is 0.254 e. The molecule has 2 aromatic rings. The molecule has 0 spiro atoms. The minimum atomic E-state index is -1.85. The lowest BCUT2D eigenvalue weighted by Crippen LogP contribution is -2.62. The summed E-state index contributed by atoms with van der Waals surface area (Å²) in [6, 6.07) is 13.9. The first-order valence-corrected chi connectivity index (χ1v) is 11.5. The number of ether oxygens (including phenoxy) is 1. The number of carbonyl (C=O) groups is 3. The van der Waals surface area contributed by atoms with E-state index in [0.29, 0.717) is 12.1 Å². The number of likely N-dealkylation sites (N-methyl/N-ethyl adjacent to an activating group) is 2. The van der Waals surface area contributed by atoms with Crippen molar-refractivity contribution >= 4 is 17.6 Å². The minimum Gasteiger partial charge on any atom is -0.488 e. The van der Waals surface area contributed by atoms with Crippen molar-refractivity contribution in [2.75, 3.05) is 47.0 Å². The van der Waals surface area contributed by atoms with E-state index in [1.807, 2.05) is 29.2 Å². The van der Waals surface area contributed by atoms with Crippen molar-refractivity contribution in [2.24, 2.45) is 0 Å². The van der Waals surface area contributed by atoms with Crippen molar-refractivity contribution in [2.45, 2.75) is 18.6 Å². The number of hydrogen-bond donors (Lipinski definition) is 2. The Morgan fingerprint density at radius 3 is 2.17 bits per heavy atom. The molecular weight excluding hydrogens is 465 g/mol. The number of rotatable bonds is 9. The highest BCUT2D eigenvalue weighted by Crippen LogP contribution is 2.20. The predicted octanol–water partition coefficient (Wildman–Crippen LogP) is 1.26. The average Bonchev–Trinajstić information content (AvgIpc) is 2.89. The summed E-state index contributed by atoms with van der Waals surface area (Å²) in [4.78, 5) is 40.6. The number of benzene rings is 2. The van der Waals surface area contributed by atoms with E-state index in [-0.39, 0.29) is 18.3 Å². The fraction of sp³-hybridized carbons (Fsp3) is 0.370. The van der Waals surface area contributed by atoms with Crippen LogP contribution < -0.4 is 10.1 Å². The van der Waals surface area contributed by atoms with Gasteiger partial charge in [0.25, 0.3) is 11.8 Å². The number of aliphatic hydroxyl groups excluding tert-OH is 1. The van der Waals surface area contributed by atoms with Crippen molar-refractivity contribution in [3.8, 4) is 17.6 Å². The Labute approximate surface area is 210 Å². The molecule has 1 aliphatic heterocycles. The Morgan fingerprint density at radius 2 is 1.67 bits per heavy atom. The van der Waals surface area contributed by atoms with Crippen molar-refractivity contribution in [1.29, 1.82) is 0 Å². The molecule has 3 rings (SSSR count). The van der Waals surface area contributed by atoms with Crippen LogP contribution in [-0.2, 0) is 9.59 Å². The van der Waals surface area contributed by atoms with Gasteiger partial charge in [-0.1, -0.05) is 11.8 Å². The van der Waals surface area contributed by atoms with Gasteiger partial charge in [0.15, 0.2) is 11.3 Å². The zero-order valence-corrected chi connectivity index (χ0v) is 20.6. The average molecular weight is 496 g/mol. The molecule has 2 aromatic carbocycles. The van der Waals surface area contributed by atoms with Gasteiger partial charge >= 0.3 is 0 Å². The van der Waals surface area contributed by atoms with Gasteiger partial charge in [-0.25, -0.2) is 4.39 Å². The third kappa shape index (κ3) is 5.90. The van der Waals surface area contributed by atoms with E-state index >= 15 is 0 Å². The van der Waals surface area contributed by atoms with E-state index in [4.69, 9.17) is 4.74 Å². The molecule has 190 valence electrons. The van der Waals surface area contributed by atoms with Gasteiger partial charge in [0, 0.05) is 50.4 Å². The second kappa shape index (κ2) is 11.8. The Balaban J connectivity index is 1.63. The highest BCUT2D eigenvalue weighted by molar-refractivity contribution is 6.14. The van der Waals surface area contributed by atoms with E-state index < -0.39 is 29.7 Å². The van der Waals surface area contributed by atoms with Crippen LogP contribution >= 0.6 is 0 Å². The minimum absolute atomic E-state index is 0.0738. The molecule has 2 amide bonds. The molecule has 0 saturated carbocycles. The number of nitrogens with one attached hydrogen (secondary N) is 1. The van der Waals surface area contributed by atoms with Gasteiger partial charge in [-0.2, -0.15) is 0 Å². The SMILES string of the molecule is CNC(=O)[C@@](C)(C(=O)CO)N(C)C(=O)c1ccc(C#Cc2ccc(OC3CN(CCF)C3)cc2)cc1. The second-order valence-electron chi connectivity index (χ2n) is 8.64. The van der Waals surface area contributed by atoms with Gasteiger partial charge < -0.3 is 20.1 Å². The monoisotopic (exact) mass is 495 g/mol. The van der Waals surface area contributed by atoms with Crippen LogP contribution in [0.1, 0.15) is 28.4 Å². The third-order valence-electron chi connectivity index (χ3n) is 6.30. The molecule has 1 atom stereocenters. The first-order valence-electron chi connectivity index (χ1n) is 11.5. The first-order chi connectivity index (χ1) is 17.2. The summed E-state index contributed by atoms with van der Waals surface area (Å²) in [5.41, 5.74) is -0.107. The molecular formula is C27H30FN3O5. The number of aliphatic hydroxyl groups is 1. The van der Waals surface area contributed by atoms with Crippen molar-refractivity contribution in [3.05, 3.63) is 65.2 Å². The summed E-state index contributed by atoms with van der Waals surface area (Å²) in [6.45, 7) is 1.97. The Hall–Kier alpha value is -3.74. The lowest BCUT2D eigenvalue weighted by Gasteiger charge is -2.38. The summed E-state index contributed by atoms with van der Waals surface area (Å²) in [6.07, 6.45) is 0.0738. The maximum atomic E-state index is 13.0. The Kier molecular flexibility index (Phi) is 8.80. The fourth-order valence-electron chi connectivity index (χ4n) is 3.81. The van der Waals surface area contributed by atoms with Crippen LogP contribution in [0.4, 0.5) is 4.39 Å². The Bertz CT molecular complexity index is 1130. The topological polar surface area (TPSA) is 99.2 Å². The zero-order valence-electron chi connectivity index (χ0n) is 20.6. The standard InChI is InChI=1S/C27H30FN3O5/c1-27(24(33)18-32,26(35)29-2)30(3)25(34)21-10-6-19(7-11-21)4-5-20-8-12-22(13-9-20)36-23-16-31(17-23)15-14-28/h6-13,23,32H,14-18H2,1-3H3,(H,29,35)/t27-/m1/s1. The molecule has 36 heavy (non-hydrogen) atoms. The van der Waals surface area contributed by atoms with Crippen LogP contribution in [0.15, 0.2) is 48.5 Å². The molecule has 8 nitrogen and oxygen atoms in total. The van der Waals surface area contributed by atoms with Crippen LogP contribution in [0.3, 0.4) is 0 Å². The number of Topliss-reactive ketones (excluding diaryl/α,β-unsaturated/α-hetero) is 1. The number of ketones is 1. The number of amides is 2. The van der Waals surface area contributed by atoms with Gasteiger partial charge in [0.05, 0.1) is 0 Å². The summed E-state index contributed by atoms with van der Waals surface area (Å²) in [7, 11) is 2.70. The van der Waals surface area contributed by atoms with Crippen LogP contribution in [0.25, 0.3) is 0 Å². The highest BCUT2D eigenvalue weighted by atomic mass is 19.1. The van der Waals surface area contributed by atoms with E-state index in [9.17, 15) is 23.9 Å². The van der Waals surface area contributed by atoms with Gasteiger partial charge in [0.1, 0.15) is 25.1 Å². The molecule has 0 bridgehead atoms. The maximum absolute atomic E-state index is 13.0. The van der Waals surface area contributed by atoms with Gasteiger partial charge in [-0.05, 0) is 55.5 Å². The van der Waals surface area contributed by atoms with Gasteiger partial charge in [-0.3, -0.25) is 19.3 Å². The highest BCUT2D eigenvalue weighted by Gasteiger charge is 2.46. The first kappa shape index (κ1) is 26.9. The number of likely N-dealkylation sites (tertiary alicyclic amines) is 1. The molecule has 0 aromatic heterocycles. The van der Waals surface area contributed by atoms with Gasteiger partial charge in [0.2, 0.25) is 0 Å². The van der Waals surface area contributed by atoms with Gasteiger partial charge in [-0.15, -0.1) is 0 Å². The van der Waals surface area contributed by atoms with E-state index in [2.05, 4.69) is 17.2 Å². The van der Waals surface area contributed by atoms with Crippen LogP contribution in [-0.4, -0.2) is 91.2 Å². The molecule has 9 heteroatoms. The number of halogens is 1. The zero-order chi connectivity index (χ0) is 26.3. The number of nitrogens with zero attached hydrogens (tertiary/aromatic N) is 2. The molecule has 0 unspecified atom stereocenters. The van der Waals surface area contributed by atoms with Crippen LogP contribution in [0, 0.1) is 11.8 Å². The fourth-order valence-corrected chi connectivity index (χ4v) is 3.81. The summed E-state index contributed by atoms with van der Waals surface area (Å²) >= 11 is 0. The lowest BCUT2D eigenvalue weighted by atomic mass is 9.92. The quantitative estimate of drug-likeness (QED) is 0.402. The van der Waals surface area contributed by atoms with Crippen LogP contribution in [0.5, 0.6) is 5.75 Å². The Morgan fingerprint density at radius 1 is 1.11 bits per heavy atom. The molecule has 0 radical (unpaired) electrons. The summed E-state index contributed by atoms with van der Waals surface area (Å²) < 4.78 is 18.2. The van der Waals surface area contributed by atoms with Crippen molar-refractivity contribution in [1.82, 2.24) is 15.1 Å². The number of alkyl halides is 1. The van der Waals surface area contributed by atoms with Crippen LogP contribution in [0.2, 0.25) is 0 Å². The molecule has 2 N–H and O–H groups in total. The van der Waals surface area contributed by atoms with E-state index in [1.54, 1.807) is 24.3 Å². The predicted molar refractivity (Wildman–Crippen MR) is 132 cm³/mol. The molecule has 1 fully saturated rings. The van der Waals surface area contributed by atoms with Crippen molar-refractivity contribution in [3.63, 3.8) is 0 Å². The second-order valence-corrected chi connectivity index (χ2v) is 8.64. The van der Waals surface area contributed by atoms with Crippen molar-refractivity contribution < 1.29 is 28.6 Å². The third-order valence-corrected chi connectivity index (χ3v) is 6.30. The molecule has 0 aliphatic carbocycles. The maximum Gasteiger partial charge on any atom is 0.254 e. The largest absolute Gasteiger partial charge is 0.488 e.